The van der Waals surface area contributed by atoms with Crippen LogP contribution in [0.25, 0.3) is 10.9 Å². The van der Waals surface area contributed by atoms with E-state index in [0.717, 1.165) is 36.0 Å². The van der Waals surface area contributed by atoms with Gasteiger partial charge in [0.1, 0.15) is 11.9 Å². The maximum Gasteiger partial charge on any atom is 0.120 e. The number of fused-ring (bicyclic) bond motifs is 1. The smallest absolute Gasteiger partial charge is 0.120 e. The minimum Gasteiger partial charge on any atom is -0.490 e. The third-order valence-electron chi connectivity index (χ3n) is 4.02. The van der Waals surface area contributed by atoms with Crippen LogP contribution in [-0.4, -0.2) is 28.9 Å². The zero-order valence-corrected chi connectivity index (χ0v) is 12.1. The lowest BCUT2D eigenvalue weighted by atomic mass is 9.92. The first-order valence-electron chi connectivity index (χ1n) is 7.68. The molecule has 0 amide bonds. The Morgan fingerprint density at radius 3 is 3.25 bits per heavy atom. The fourth-order valence-electron chi connectivity index (χ4n) is 2.97. The summed E-state index contributed by atoms with van der Waals surface area (Å²) in [5.41, 5.74) is 1.06. The quantitative estimate of drug-likeness (QED) is 0.879. The topological polar surface area (TPSA) is 49.9 Å². The SMILES string of the molecule is CCCN[C@@H]1CCC[C@@H](Oc2ccc3[nH]ncc3c2)C1. The van der Waals surface area contributed by atoms with E-state index in [1.165, 1.54) is 19.3 Å². The molecule has 1 saturated carbocycles. The first kappa shape index (κ1) is 13.4. The highest BCUT2D eigenvalue weighted by atomic mass is 16.5. The molecule has 2 atom stereocenters. The van der Waals surface area contributed by atoms with Crippen LogP contribution in [0.5, 0.6) is 5.75 Å². The summed E-state index contributed by atoms with van der Waals surface area (Å²) >= 11 is 0. The van der Waals surface area contributed by atoms with Crippen LogP contribution in [-0.2, 0) is 0 Å². The predicted octanol–water partition coefficient (Wildman–Crippen LogP) is 3.25. The van der Waals surface area contributed by atoms with Gasteiger partial charge < -0.3 is 10.1 Å². The van der Waals surface area contributed by atoms with Gasteiger partial charge in [0.15, 0.2) is 0 Å². The van der Waals surface area contributed by atoms with Crippen molar-refractivity contribution in [2.75, 3.05) is 6.54 Å². The molecule has 1 aliphatic rings. The minimum absolute atomic E-state index is 0.336. The van der Waals surface area contributed by atoms with E-state index in [0.29, 0.717) is 12.1 Å². The average Bonchev–Trinajstić information content (AvgIpc) is 2.93. The van der Waals surface area contributed by atoms with Crippen molar-refractivity contribution < 1.29 is 4.74 Å². The summed E-state index contributed by atoms with van der Waals surface area (Å²) in [5, 5.41) is 11.7. The van der Waals surface area contributed by atoms with Crippen molar-refractivity contribution in [2.24, 2.45) is 0 Å². The molecule has 0 radical (unpaired) electrons. The number of aromatic nitrogens is 2. The zero-order chi connectivity index (χ0) is 13.8. The fraction of sp³-hybridized carbons (Fsp3) is 0.562. The Labute approximate surface area is 119 Å². The monoisotopic (exact) mass is 273 g/mol. The molecular weight excluding hydrogens is 250 g/mol. The molecule has 1 aromatic carbocycles. The maximum absolute atomic E-state index is 6.16. The summed E-state index contributed by atoms with van der Waals surface area (Å²) in [4.78, 5) is 0. The number of H-pyrrole nitrogens is 1. The molecule has 20 heavy (non-hydrogen) atoms. The van der Waals surface area contributed by atoms with Crippen LogP contribution in [0.3, 0.4) is 0 Å². The Balaban J connectivity index is 1.61. The van der Waals surface area contributed by atoms with Gasteiger partial charge in [0.2, 0.25) is 0 Å². The Morgan fingerprint density at radius 1 is 1.40 bits per heavy atom. The summed E-state index contributed by atoms with van der Waals surface area (Å²) < 4.78 is 6.16. The number of nitrogens with one attached hydrogen (secondary N) is 2. The largest absolute Gasteiger partial charge is 0.490 e. The molecule has 108 valence electrons. The van der Waals surface area contributed by atoms with Crippen LogP contribution < -0.4 is 10.1 Å². The number of nitrogens with zero attached hydrogens (tertiary/aromatic N) is 1. The lowest BCUT2D eigenvalue weighted by Crippen LogP contribution is -2.38. The minimum atomic E-state index is 0.336. The van der Waals surface area contributed by atoms with Gasteiger partial charge in [-0.3, -0.25) is 5.10 Å². The van der Waals surface area contributed by atoms with Crippen molar-refractivity contribution in [1.82, 2.24) is 15.5 Å². The molecule has 1 heterocycles. The summed E-state index contributed by atoms with van der Waals surface area (Å²) in [5.74, 6) is 0.958. The molecule has 4 nitrogen and oxygen atoms in total. The summed E-state index contributed by atoms with van der Waals surface area (Å²) in [6.45, 7) is 3.32. The van der Waals surface area contributed by atoms with Gasteiger partial charge in [-0.25, -0.2) is 0 Å². The number of rotatable bonds is 5. The molecular formula is C16H23N3O. The normalized spacial score (nSPS) is 23.1. The molecule has 1 aromatic heterocycles. The van der Waals surface area contributed by atoms with Crippen molar-refractivity contribution in [3.8, 4) is 5.75 Å². The molecule has 3 rings (SSSR count). The van der Waals surface area contributed by atoms with Crippen LogP contribution >= 0.6 is 0 Å². The van der Waals surface area contributed by atoms with E-state index < -0.39 is 0 Å². The van der Waals surface area contributed by atoms with E-state index in [9.17, 15) is 0 Å². The van der Waals surface area contributed by atoms with Crippen molar-refractivity contribution in [3.05, 3.63) is 24.4 Å². The molecule has 0 saturated heterocycles. The van der Waals surface area contributed by atoms with Gasteiger partial charge >= 0.3 is 0 Å². The van der Waals surface area contributed by atoms with Gasteiger partial charge in [-0.05, 0) is 56.8 Å². The molecule has 0 aliphatic heterocycles. The van der Waals surface area contributed by atoms with Crippen molar-refractivity contribution in [3.63, 3.8) is 0 Å². The lowest BCUT2D eigenvalue weighted by molar-refractivity contribution is 0.135. The maximum atomic E-state index is 6.16. The van der Waals surface area contributed by atoms with Gasteiger partial charge in [0, 0.05) is 11.4 Å². The highest BCUT2D eigenvalue weighted by Crippen LogP contribution is 2.26. The molecule has 2 N–H and O–H groups in total. The fourth-order valence-corrected chi connectivity index (χ4v) is 2.97. The first-order valence-corrected chi connectivity index (χ1v) is 7.68. The van der Waals surface area contributed by atoms with E-state index in [1.54, 1.807) is 0 Å². The van der Waals surface area contributed by atoms with Crippen LogP contribution in [0.4, 0.5) is 0 Å². The molecule has 4 heteroatoms. The van der Waals surface area contributed by atoms with E-state index in [-0.39, 0.29) is 0 Å². The third-order valence-corrected chi connectivity index (χ3v) is 4.02. The Morgan fingerprint density at radius 2 is 2.35 bits per heavy atom. The van der Waals surface area contributed by atoms with Crippen LogP contribution in [0.2, 0.25) is 0 Å². The van der Waals surface area contributed by atoms with Crippen LogP contribution in [0.1, 0.15) is 39.0 Å². The second-order valence-corrected chi connectivity index (χ2v) is 5.68. The predicted molar refractivity (Wildman–Crippen MR) is 81.1 cm³/mol. The second-order valence-electron chi connectivity index (χ2n) is 5.68. The Kier molecular flexibility index (Phi) is 4.21. The lowest BCUT2D eigenvalue weighted by Gasteiger charge is -2.30. The van der Waals surface area contributed by atoms with Gasteiger partial charge in [0.05, 0.1) is 11.7 Å². The summed E-state index contributed by atoms with van der Waals surface area (Å²) in [6, 6.07) is 6.75. The first-order chi connectivity index (χ1) is 9.85. The molecule has 0 bridgehead atoms. The van der Waals surface area contributed by atoms with Crippen molar-refractivity contribution >= 4 is 10.9 Å². The number of hydrogen-bond acceptors (Lipinski definition) is 3. The van der Waals surface area contributed by atoms with E-state index in [4.69, 9.17) is 4.74 Å². The highest BCUT2D eigenvalue weighted by Gasteiger charge is 2.22. The number of hydrogen-bond donors (Lipinski definition) is 2. The standard InChI is InChI=1S/C16H23N3O/c1-2-8-17-13-4-3-5-14(10-13)20-15-6-7-16-12(9-15)11-18-19-16/h6-7,9,11,13-14,17H,2-5,8,10H2,1H3,(H,18,19)/t13-,14-/m1/s1. The van der Waals surface area contributed by atoms with Crippen molar-refractivity contribution in [2.45, 2.75) is 51.2 Å². The summed E-state index contributed by atoms with van der Waals surface area (Å²) in [7, 11) is 0. The van der Waals surface area contributed by atoms with Gasteiger partial charge in [-0.1, -0.05) is 6.92 Å². The number of benzene rings is 1. The van der Waals surface area contributed by atoms with E-state index >= 15 is 0 Å². The Hall–Kier alpha value is -1.55. The van der Waals surface area contributed by atoms with Gasteiger partial charge in [-0.15, -0.1) is 0 Å². The van der Waals surface area contributed by atoms with E-state index in [1.807, 2.05) is 18.3 Å². The van der Waals surface area contributed by atoms with E-state index in [2.05, 4.69) is 28.5 Å². The number of aromatic amines is 1. The number of ether oxygens (including phenoxy) is 1. The molecule has 0 unspecified atom stereocenters. The molecule has 1 aliphatic carbocycles. The van der Waals surface area contributed by atoms with Crippen LogP contribution in [0.15, 0.2) is 24.4 Å². The second kappa shape index (κ2) is 6.27. The molecule has 2 aromatic rings. The third kappa shape index (κ3) is 3.12. The highest BCUT2D eigenvalue weighted by molar-refractivity contribution is 5.79. The molecule has 0 spiro atoms. The van der Waals surface area contributed by atoms with Crippen molar-refractivity contribution in [1.29, 1.82) is 0 Å². The van der Waals surface area contributed by atoms with Gasteiger partial charge in [-0.2, -0.15) is 5.10 Å². The Bertz CT molecular complexity index is 551. The van der Waals surface area contributed by atoms with Crippen LogP contribution in [0, 0.1) is 0 Å². The summed E-state index contributed by atoms with van der Waals surface area (Å²) in [6.07, 6.45) is 8.17. The average molecular weight is 273 g/mol. The zero-order valence-electron chi connectivity index (χ0n) is 12.1. The molecule has 1 fully saturated rings. The van der Waals surface area contributed by atoms with Gasteiger partial charge in [0.25, 0.3) is 0 Å².